The molecule has 2 rings (SSSR count). The Labute approximate surface area is 104 Å². The molecule has 1 aromatic heterocycles. The van der Waals surface area contributed by atoms with Crippen LogP contribution in [0.2, 0.25) is 0 Å². The summed E-state index contributed by atoms with van der Waals surface area (Å²) in [6.07, 6.45) is 1.37. The van der Waals surface area contributed by atoms with E-state index in [9.17, 15) is 8.78 Å². The smallest absolute Gasteiger partial charge is 0.256 e. The number of aromatic nitrogens is 1. The number of nitrogens with zero attached hydrogens (tertiary/aromatic N) is 1. The first-order valence-electron chi connectivity index (χ1n) is 4.60. The maximum atomic E-state index is 13.4. The molecule has 0 radical (unpaired) electrons. The van der Waals surface area contributed by atoms with Gasteiger partial charge < -0.3 is 10.5 Å². The van der Waals surface area contributed by atoms with E-state index in [4.69, 9.17) is 10.5 Å². The molecule has 1 heterocycles. The lowest BCUT2D eigenvalue weighted by Crippen LogP contribution is -1.96. The molecule has 2 N–H and O–H groups in total. The summed E-state index contributed by atoms with van der Waals surface area (Å²) in [5.74, 6) is -1.42. The Balaban J connectivity index is 2.34. The Bertz CT molecular complexity index is 563. The second kappa shape index (κ2) is 4.67. The maximum Gasteiger partial charge on any atom is 0.256 e. The fraction of sp³-hybridized carbons (Fsp3) is 0. The Kier molecular flexibility index (Phi) is 3.23. The summed E-state index contributed by atoms with van der Waals surface area (Å²) in [6, 6.07) is 4.78. The highest BCUT2D eigenvalue weighted by Gasteiger charge is 2.10. The minimum atomic E-state index is -0.664. The molecular weight excluding hydrogens is 294 g/mol. The average Bonchev–Trinajstić information content (AvgIpc) is 2.27. The lowest BCUT2D eigenvalue weighted by atomic mass is 10.3. The zero-order valence-corrected chi connectivity index (χ0v) is 10.0. The average molecular weight is 301 g/mol. The predicted octanol–water partition coefficient (Wildman–Crippen LogP) is 3.50. The number of nitrogens with two attached hydrogens (primary N) is 1. The van der Waals surface area contributed by atoms with Gasteiger partial charge in [0.05, 0.1) is 5.69 Å². The molecule has 17 heavy (non-hydrogen) atoms. The lowest BCUT2D eigenvalue weighted by molar-refractivity contribution is 0.421. The van der Waals surface area contributed by atoms with E-state index in [0.717, 1.165) is 6.07 Å². The van der Waals surface area contributed by atoms with E-state index in [0.29, 0.717) is 4.47 Å². The number of ether oxygens (including phenoxy) is 1. The normalized spacial score (nSPS) is 10.3. The molecule has 2 aromatic rings. The largest absolute Gasteiger partial charge is 0.434 e. The summed E-state index contributed by atoms with van der Waals surface area (Å²) < 4.78 is 32.0. The summed E-state index contributed by atoms with van der Waals surface area (Å²) in [5, 5.41) is 0. The summed E-state index contributed by atoms with van der Waals surface area (Å²) in [5.41, 5.74) is 5.77. The van der Waals surface area contributed by atoms with Crippen molar-refractivity contribution in [1.29, 1.82) is 0 Å². The quantitative estimate of drug-likeness (QED) is 0.864. The van der Waals surface area contributed by atoms with Gasteiger partial charge in [-0.25, -0.2) is 13.8 Å². The van der Waals surface area contributed by atoms with E-state index < -0.39 is 11.6 Å². The van der Waals surface area contributed by atoms with Crippen LogP contribution in [0.4, 0.5) is 14.5 Å². The highest BCUT2D eigenvalue weighted by molar-refractivity contribution is 9.10. The lowest BCUT2D eigenvalue weighted by Gasteiger charge is -2.08. The zero-order valence-electron chi connectivity index (χ0n) is 8.45. The van der Waals surface area contributed by atoms with Crippen LogP contribution >= 0.6 is 15.9 Å². The first kappa shape index (κ1) is 11.8. The summed E-state index contributed by atoms with van der Waals surface area (Å²) in [6.45, 7) is 0. The van der Waals surface area contributed by atoms with E-state index in [2.05, 4.69) is 20.9 Å². The second-order valence-electron chi connectivity index (χ2n) is 3.22. The predicted molar refractivity (Wildman–Crippen MR) is 62.8 cm³/mol. The van der Waals surface area contributed by atoms with Gasteiger partial charge in [-0.3, -0.25) is 0 Å². The van der Waals surface area contributed by atoms with E-state index in [1.54, 1.807) is 0 Å². The van der Waals surface area contributed by atoms with Crippen molar-refractivity contribution in [3.8, 4) is 11.6 Å². The Hall–Kier alpha value is -1.69. The Morgan fingerprint density at radius 3 is 2.71 bits per heavy atom. The van der Waals surface area contributed by atoms with Gasteiger partial charge in [0.2, 0.25) is 0 Å². The molecule has 6 heteroatoms. The van der Waals surface area contributed by atoms with Crippen molar-refractivity contribution >= 4 is 21.6 Å². The van der Waals surface area contributed by atoms with Gasteiger partial charge in [0.1, 0.15) is 5.82 Å². The zero-order chi connectivity index (χ0) is 12.4. The Morgan fingerprint density at radius 2 is 2.00 bits per heavy atom. The molecule has 0 atom stereocenters. The van der Waals surface area contributed by atoms with Crippen LogP contribution in [0.3, 0.4) is 0 Å². The molecule has 0 amide bonds. The standard InChI is InChI=1S/C11H7BrF2N2O/c12-6-3-8(14)11(16-5-6)17-10-4-7(13)1-2-9(10)15/h1-5H,15H2. The third-order valence-electron chi connectivity index (χ3n) is 1.96. The molecule has 0 aliphatic heterocycles. The van der Waals surface area contributed by atoms with Gasteiger partial charge in [0.25, 0.3) is 5.88 Å². The van der Waals surface area contributed by atoms with Gasteiger partial charge in [-0.1, -0.05) is 0 Å². The van der Waals surface area contributed by atoms with E-state index in [1.165, 1.54) is 24.4 Å². The van der Waals surface area contributed by atoms with Crippen molar-refractivity contribution in [3.05, 3.63) is 46.6 Å². The maximum absolute atomic E-state index is 13.4. The van der Waals surface area contributed by atoms with Crippen LogP contribution in [0.1, 0.15) is 0 Å². The molecule has 1 aromatic carbocycles. The van der Waals surface area contributed by atoms with Crippen LogP contribution < -0.4 is 10.5 Å². The van der Waals surface area contributed by atoms with Crippen molar-refractivity contribution in [2.75, 3.05) is 5.73 Å². The number of benzene rings is 1. The molecule has 0 aliphatic rings. The van der Waals surface area contributed by atoms with Gasteiger partial charge in [0.15, 0.2) is 11.6 Å². The monoisotopic (exact) mass is 300 g/mol. The first-order chi connectivity index (χ1) is 8.06. The Morgan fingerprint density at radius 1 is 1.24 bits per heavy atom. The molecule has 0 aliphatic carbocycles. The number of hydrogen-bond donors (Lipinski definition) is 1. The van der Waals surface area contributed by atoms with Crippen molar-refractivity contribution in [3.63, 3.8) is 0 Å². The minimum absolute atomic E-state index is 0.0266. The number of pyridine rings is 1. The number of hydrogen-bond acceptors (Lipinski definition) is 3. The molecular formula is C11H7BrF2N2O. The van der Waals surface area contributed by atoms with Crippen LogP contribution in [-0.2, 0) is 0 Å². The van der Waals surface area contributed by atoms with Gasteiger partial charge in [-0.2, -0.15) is 0 Å². The van der Waals surface area contributed by atoms with Crippen molar-refractivity contribution < 1.29 is 13.5 Å². The minimum Gasteiger partial charge on any atom is -0.434 e. The van der Waals surface area contributed by atoms with Crippen LogP contribution in [0.25, 0.3) is 0 Å². The van der Waals surface area contributed by atoms with Crippen molar-refractivity contribution in [1.82, 2.24) is 4.98 Å². The van der Waals surface area contributed by atoms with Crippen LogP contribution in [0, 0.1) is 11.6 Å². The van der Waals surface area contributed by atoms with Gasteiger partial charge in [0, 0.05) is 16.7 Å². The number of halogens is 3. The highest BCUT2D eigenvalue weighted by Crippen LogP contribution is 2.29. The molecule has 0 saturated carbocycles. The van der Waals surface area contributed by atoms with E-state index in [1.807, 2.05) is 0 Å². The summed E-state index contributed by atoms with van der Waals surface area (Å²) in [4.78, 5) is 3.72. The highest BCUT2D eigenvalue weighted by atomic mass is 79.9. The molecule has 0 unspecified atom stereocenters. The molecule has 0 saturated heterocycles. The van der Waals surface area contributed by atoms with Crippen molar-refractivity contribution in [2.45, 2.75) is 0 Å². The number of anilines is 1. The third-order valence-corrected chi connectivity index (χ3v) is 2.39. The van der Waals surface area contributed by atoms with Crippen molar-refractivity contribution in [2.24, 2.45) is 0 Å². The molecule has 0 spiro atoms. The van der Waals surface area contributed by atoms with Gasteiger partial charge in [-0.05, 0) is 34.1 Å². The topological polar surface area (TPSA) is 48.1 Å². The molecule has 0 bridgehead atoms. The fourth-order valence-electron chi connectivity index (χ4n) is 1.18. The van der Waals surface area contributed by atoms with Gasteiger partial charge in [-0.15, -0.1) is 0 Å². The molecule has 88 valence electrons. The van der Waals surface area contributed by atoms with Gasteiger partial charge >= 0.3 is 0 Å². The second-order valence-corrected chi connectivity index (χ2v) is 4.14. The SMILES string of the molecule is Nc1ccc(F)cc1Oc1ncc(Br)cc1F. The van der Waals surface area contributed by atoms with Crippen LogP contribution in [-0.4, -0.2) is 4.98 Å². The molecule has 0 fully saturated rings. The summed E-state index contributed by atoms with van der Waals surface area (Å²) >= 11 is 3.07. The number of rotatable bonds is 2. The fourth-order valence-corrected chi connectivity index (χ4v) is 1.48. The van der Waals surface area contributed by atoms with Crippen LogP contribution in [0.5, 0.6) is 11.6 Å². The first-order valence-corrected chi connectivity index (χ1v) is 5.39. The van der Waals surface area contributed by atoms with E-state index >= 15 is 0 Å². The number of nitrogen functional groups attached to an aromatic ring is 1. The molecule has 3 nitrogen and oxygen atoms in total. The van der Waals surface area contributed by atoms with E-state index in [-0.39, 0.29) is 17.3 Å². The third kappa shape index (κ3) is 2.71. The van der Waals surface area contributed by atoms with Crippen LogP contribution in [0.15, 0.2) is 34.9 Å². The summed E-state index contributed by atoms with van der Waals surface area (Å²) in [7, 11) is 0.